The Balaban J connectivity index is 1.58. The zero-order valence-electron chi connectivity index (χ0n) is 12.7. The van der Waals surface area contributed by atoms with Crippen LogP contribution in [0.1, 0.15) is 35.7 Å². The van der Waals surface area contributed by atoms with E-state index >= 15 is 0 Å². The molecule has 1 aromatic carbocycles. The highest BCUT2D eigenvalue weighted by atomic mass is 35.5. The second kappa shape index (κ2) is 5.77. The highest BCUT2D eigenvalue weighted by Gasteiger charge is 2.43. The van der Waals surface area contributed by atoms with Gasteiger partial charge in [-0.3, -0.25) is 0 Å². The van der Waals surface area contributed by atoms with Crippen LogP contribution in [0.3, 0.4) is 0 Å². The van der Waals surface area contributed by atoms with Crippen LogP contribution in [-0.4, -0.2) is 26.9 Å². The van der Waals surface area contributed by atoms with Crippen molar-refractivity contribution >= 4 is 23.3 Å². The fourth-order valence-corrected chi connectivity index (χ4v) is 3.83. The second-order valence-corrected chi connectivity index (χ2v) is 6.43. The molecule has 4 rings (SSSR count). The number of carbonyl (C=O) groups excluding carboxylic acids is 1. The zero-order chi connectivity index (χ0) is 16.7. The minimum absolute atomic E-state index is 0.0220. The molecule has 6 nitrogen and oxygen atoms in total. The standard InChI is InChI=1S/C17H14ClN5O/c18-14-5-11(2-1-10(14)7-19)22-17(24)23-12-3-4-16(23)13-8-20-9-21-15(13)6-12/h1-2,5,8-9,12,16H,3-4,6H2,(H,22,24)/t12-,16+/m0/s1. The van der Waals surface area contributed by atoms with E-state index in [4.69, 9.17) is 16.9 Å². The number of rotatable bonds is 1. The molecule has 2 aliphatic rings. The molecule has 3 heterocycles. The number of anilines is 1. The lowest BCUT2D eigenvalue weighted by Gasteiger charge is -2.35. The van der Waals surface area contributed by atoms with Gasteiger partial charge in [-0.15, -0.1) is 0 Å². The van der Waals surface area contributed by atoms with Gasteiger partial charge >= 0.3 is 6.03 Å². The quantitative estimate of drug-likeness (QED) is 0.864. The van der Waals surface area contributed by atoms with Gasteiger partial charge in [-0.2, -0.15) is 5.26 Å². The van der Waals surface area contributed by atoms with Crippen LogP contribution in [0.2, 0.25) is 5.02 Å². The summed E-state index contributed by atoms with van der Waals surface area (Å²) in [5.41, 5.74) is 3.06. The molecule has 24 heavy (non-hydrogen) atoms. The van der Waals surface area contributed by atoms with E-state index in [1.54, 1.807) is 24.5 Å². The number of nitrogens with one attached hydrogen (secondary N) is 1. The molecule has 120 valence electrons. The maximum Gasteiger partial charge on any atom is 0.322 e. The van der Waals surface area contributed by atoms with Gasteiger partial charge in [-0.1, -0.05) is 11.6 Å². The average Bonchev–Trinajstić information content (AvgIpc) is 2.90. The van der Waals surface area contributed by atoms with Crippen molar-refractivity contribution in [3.63, 3.8) is 0 Å². The third kappa shape index (κ3) is 2.38. The van der Waals surface area contributed by atoms with Crippen molar-refractivity contribution in [1.29, 1.82) is 5.26 Å². The van der Waals surface area contributed by atoms with E-state index in [9.17, 15) is 4.79 Å². The predicted molar refractivity (Wildman–Crippen MR) is 88.5 cm³/mol. The summed E-state index contributed by atoms with van der Waals surface area (Å²) in [6, 6.07) is 6.92. The van der Waals surface area contributed by atoms with Crippen molar-refractivity contribution in [2.75, 3.05) is 5.32 Å². The maximum absolute atomic E-state index is 12.8. The van der Waals surface area contributed by atoms with E-state index in [0.717, 1.165) is 30.5 Å². The largest absolute Gasteiger partial charge is 0.322 e. The summed E-state index contributed by atoms with van der Waals surface area (Å²) < 4.78 is 0. The first-order valence-corrected chi connectivity index (χ1v) is 8.13. The first-order chi connectivity index (χ1) is 11.7. The number of carbonyl (C=O) groups is 1. The van der Waals surface area contributed by atoms with Crippen molar-refractivity contribution < 1.29 is 4.79 Å². The van der Waals surface area contributed by atoms with Crippen LogP contribution in [0, 0.1) is 11.3 Å². The number of hydrogen-bond donors (Lipinski definition) is 1. The Morgan fingerprint density at radius 1 is 1.42 bits per heavy atom. The molecule has 2 atom stereocenters. The SMILES string of the molecule is N#Cc1ccc(NC(=O)N2[C@H]3CC[C@@H]2c2cncnc2C3)cc1Cl. The van der Waals surface area contributed by atoms with Gasteiger partial charge in [0.2, 0.25) is 0 Å². The summed E-state index contributed by atoms with van der Waals surface area (Å²) in [7, 11) is 0. The maximum atomic E-state index is 12.8. The van der Waals surface area contributed by atoms with Crippen LogP contribution in [0.5, 0.6) is 0 Å². The van der Waals surface area contributed by atoms with Gasteiger partial charge in [-0.25, -0.2) is 14.8 Å². The summed E-state index contributed by atoms with van der Waals surface area (Å²) in [6.45, 7) is 0. The summed E-state index contributed by atoms with van der Waals surface area (Å²) in [5.74, 6) is 0. The van der Waals surface area contributed by atoms with E-state index in [0.29, 0.717) is 16.3 Å². The van der Waals surface area contributed by atoms with Crippen LogP contribution < -0.4 is 5.32 Å². The lowest BCUT2D eigenvalue weighted by atomic mass is 10.00. The van der Waals surface area contributed by atoms with Crippen molar-refractivity contribution in [3.8, 4) is 6.07 Å². The molecule has 0 aliphatic carbocycles. The number of amides is 2. The Kier molecular flexibility index (Phi) is 3.58. The molecule has 1 saturated heterocycles. The predicted octanol–water partition coefficient (Wildman–Crippen LogP) is 3.30. The van der Waals surface area contributed by atoms with Crippen LogP contribution >= 0.6 is 11.6 Å². The van der Waals surface area contributed by atoms with E-state index < -0.39 is 0 Å². The van der Waals surface area contributed by atoms with Crippen LogP contribution in [0.15, 0.2) is 30.7 Å². The molecular formula is C17H14ClN5O. The third-order valence-corrected chi connectivity index (χ3v) is 5.01. The Bertz CT molecular complexity index is 862. The molecule has 0 spiro atoms. The first kappa shape index (κ1) is 14.9. The molecule has 1 fully saturated rings. The van der Waals surface area contributed by atoms with Gasteiger partial charge < -0.3 is 10.2 Å². The van der Waals surface area contributed by atoms with Gasteiger partial charge in [0.1, 0.15) is 12.4 Å². The lowest BCUT2D eigenvalue weighted by Crippen LogP contribution is -2.44. The Morgan fingerprint density at radius 2 is 2.29 bits per heavy atom. The molecule has 0 radical (unpaired) electrons. The molecule has 2 aromatic rings. The number of benzene rings is 1. The number of urea groups is 1. The summed E-state index contributed by atoms with van der Waals surface area (Å²) in [4.78, 5) is 23.1. The molecule has 1 N–H and O–H groups in total. The van der Waals surface area contributed by atoms with E-state index in [1.807, 2.05) is 17.2 Å². The van der Waals surface area contributed by atoms with Gasteiger partial charge in [0, 0.05) is 29.9 Å². The van der Waals surface area contributed by atoms with E-state index in [-0.39, 0.29) is 18.1 Å². The molecule has 0 unspecified atom stereocenters. The van der Waals surface area contributed by atoms with Gasteiger partial charge in [-0.05, 0) is 31.0 Å². The normalized spacial score (nSPS) is 21.1. The van der Waals surface area contributed by atoms with Crippen molar-refractivity contribution in [3.05, 3.63) is 52.6 Å². The Hall–Kier alpha value is -2.65. The van der Waals surface area contributed by atoms with Crippen LogP contribution in [-0.2, 0) is 6.42 Å². The summed E-state index contributed by atoms with van der Waals surface area (Å²) in [6.07, 6.45) is 6.02. The fraction of sp³-hybridized carbons (Fsp3) is 0.294. The topological polar surface area (TPSA) is 81.9 Å². The van der Waals surface area contributed by atoms with Crippen molar-refractivity contribution in [2.45, 2.75) is 31.3 Å². The molecule has 2 bridgehead atoms. The second-order valence-electron chi connectivity index (χ2n) is 6.02. The van der Waals surface area contributed by atoms with E-state index in [1.165, 1.54) is 0 Å². The Labute approximate surface area is 144 Å². The van der Waals surface area contributed by atoms with Gasteiger partial charge in [0.05, 0.1) is 22.3 Å². The highest BCUT2D eigenvalue weighted by Crippen LogP contribution is 2.42. The van der Waals surface area contributed by atoms with Crippen molar-refractivity contribution in [1.82, 2.24) is 14.9 Å². The highest BCUT2D eigenvalue weighted by molar-refractivity contribution is 6.32. The number of aromatic nitrogens is 2. The fourth-order valence-electron chi connectivity index (χ4n) is 3.61. The van der Waals surface area contributed by atoms with Crippen LogP contribution in [0.25, 0.3) is 0 Å². The first-order valence-electron chi connectivity index (χ1n) is 7.75. The van der Waals surface area contributed by atoms with Crippen molar-refractivity contribution in [2.24, 2.45) is 0 Å². The number of nitrogens with zero attached hydrogens (tertiary/aromatic N) is 4. The molecule has 0 saturated carbocycles. The molecule has 7 heteroatoms. The number of halogens is 1. The lowest BCUT2D eigenvalue weighted by molar-refractivity contribution is 0.178. The smallest absolute Gasteiger partial charge is 0.314 e. The Morgan fingerprint density at radius 3 is 3.08 bits per heavy atom. The molecule has 2 aliphatic heterocycles. The summed E-state index contributed by atoms with van der Waals surface area (Å²) >= 11 is 6.03. The number of nitriles is 1. The zero-order valence-corrected chi connectivity index (χ0v) is 13.5. The van der Waals surface area contributed by atoms with E-state index in [2.05, 4.69) is 15.3 Å². The van der Waals surface area contributed by atoms with Gasteiger partial charge in [0.25, 0.3) is 0 Å². The minimum atomic E-state index is -0.155. The molecular weight excluding hydrogens is 326 g/mol. The average molecular weight is 340 g/mol. The molecule has 1 aromatic heterocycles. The van der Waals surface area contributed by atoms with Crippen LogP contribution in [0.4, 0.5) is 10.5 Å². The number of fused-ring (bicyclic) bond motifs is 4. The van der Waals surface area contributed by atoms with Gasteiger partial charge in [0.15, 0.2) is 0 Å². The third-order valence-electron chi connectivity index (χ3n) is 4.69. The monoisotopic (exact) mass is 339 g/mol. The minimum Gasteiger partial charge on any atom is -0.314 e. The molecule has 2 amide bonds. The number of hydrogen-bond acceptors (Lipinski definition) is 4. The summed E-state index contributed by atoms with van der Waals surface area (Å²) in [5, 5.41) is 12.1.